The molecule has 0 spiro atoms. The molecule has 0 aliphatic heterocycles. The van der Waals surface area contributed by atoms with E-state index in [-0.39, 0.29) is 6.04 Å². The van der Waals surface area contributed by atoms with Crippen molar-refractivity contribution in [1.82, 2.24) is 5.43 Å². The molecule has 0 bridgehead atoms. The van der Waals surface area contributed by atoms with Crippen LogP contribution in [0.15, 0.2) is 43.9 Å². The van der Waals surface area contributed by atoms with Crippen LogP contribution in [-0.4, -0.2) is 0 Å². The second kappa shape index (κ2) is 5.54. The summed E-state index contributed by atoms with van der Waals surface area (Å²) < 4.78 is 7.15. The number of nitrogens with two attached hydrogens (primary N) is 1. The third-order valence-electron chi connectivity index (χ3n) is 2.35. The largest absolute Gasteiger partial charge is 0.466 e. The molecule has 3 nitrogen and oxygen atoms in total. The first kappa shape index (κ1) is 13.1. The minimum absolute atomic E-state index is 0.244. The number of hydrogen-bond donors (Lipinski definition) is 2. The Morgan fingerprint density at radius 1 is 1.24 bits per heavy atom. The van der Waals surface area contributed by atoms with Crippen LogP contribution in [0, 0.1) is 0 Å². The number of nitrogens with one attached hydrogen (secondary N) is 1. The number of hydrazine groups is 1. The normalized spacial score (nSPS) is 12.7. The Hall–Kier alpha value is -0.330. The van der Waals surface area contributed by atoms with Gasteiger partial charge in [0.05, 0.1) is 10.7 Å². The minimum Gasteiger partial charge on any atom is -0.466 e. The van der Waals surface area contributed by atoms with Crippen molar-refractivity contribution in [2.75, 3.05) is 0 Å². The lowest BCUT2D eigenvalue weighted by molar-refractivity contribution is 0.449. The molecule has 1 atom stereocenters. The molecule has 0 radical (unpaired) electrons. The quantitative estimate of drug-likeness (QED) is 0.625. The van der Waals surface area contributed by atoms with Crippen molar-refractivity contribution in [3.63, 3.8) is 0 Å². The predicted octanol–water partition coefficient (Wildman–Crippen LogP) is 4.01. The maximum absolute atomic E-state index is 5.91. The highest BCUT2D eigenvalue weighted by Crippen LogP contribution is 2.33. The molecular weight excluding hydrogens is 371 g/mol. The molecule has 6 heteroatoms. The second-order valence-electron chi connectivity index (χ2n) is 3.40. The molecule has 0 aliphatic carbocycles. The van der Waals surface area contributed by atoms with E-state index in [4.69, 9.17) is 21.9 Å². The fourth-order valence-electron chi connectivity index (χ4n) is 1.55. The van der Waals surface area contributed by atoms with Gasteiger partial charge < -0.3 is 4.42 Å². The van der Waals surface area contributed by atoms with Crippen LogP contribution in [0.2, 0.25) is 5.02 Å². The van der Waals surface area contributed by atoms with Crippen LogP contribution in [0.5, 0.6) is 0 Å². The summed E-state index contributed by atoms with van der Waals surface area (Å²) in [4.78, 5) is 0. The van der Waals surface area contributed by atoms with Crippen LogP contribution in [0.25, 0.3) is 0 Å². The highest BCUT2D eigenvalue weighted by atomic mass is 79.9. The highest BCUT2D eigenvalue weighted by Gasteiger charge is 2.20. The summed E-state index contributed by atoms with van der Waals surface area (Å²) >= 11 is 12.8. The van der Waals surface area contributed by atoms with E-state index >= 15 is 0 Å². The minimum atomic E-state index is -0.244. The van der Waals surface area contributed by atoms with Crippen molar-refractivity contribution in [3.05, 3.63) is 55.8 Å². The van der Waals surface area contributed by atoms with Gasteiger partial charge in [0.1, 0.15) is 11.8 Å². The summed E-state index contributed by atoms with van der Waals surface area (Å²) in [6.07, 6.45) is 1.60. The van der Waals surface area contributed by atoms with E-state index in [1.54, 1.807) is 6.26 Å². The van der Waals surface area contributed by atoms with E-state index < -0.39 is 0 Å². The highest BCUT2D eigenvalue weighted by molar-refractivity contribution is 9.10. The summed E-state index contributed by atoms with van der Waals surface area (Å²) in [5.74, 6) is 6.31. The van der Waals surface area contributed by atoms with Gasteiger partial charge in [0.25, 0.3) is 0 Å². The molecule has 2 aromatic rings. The Morgan fingerprint density at radius 2 is 2.00 bits per heavy atom. The van der Waals surface area contributed by atoms with Crippen LogP contribution < -0.4 is 11.3 Å². The molecule has 1 aromatic heterocycles. The van der Waals surface area contributed by atoms with E-state index in [0.717, 1.165) is 20.3 Å². The molecule has 1 unspecified atom stereocenters. The zero-order chi connectivity index (χ0) is 12.4. The van der Waals surface area contributed by atoms with Gasteiger partial charge in [-0.25, -0.2) is 5.43 Å². The van der Waals surface area contributed by atoms with Crippen molar-refractivity contribution in [2.24, 2.45) is 5.84 Å². The van der Waals surface area contributed by atoms with Gasteiger partial charge in [0.2, 0.25) is 0 Å². The van der Waals surface area contributed by atoms with E-state index in [2.05, 4.69) is 37.3 Å². The van der Waals surface area contributed by atoms with Crippen LogP contribution in [0.3, 0.4) is 0 Å². The molecule has 2 rings (SSSR count). The van der Waals surface area contributed by atoms with Crippen LogP contribution in [0.1, 0.15) is 17.4 Å². The fraction of sp³-hybridized carbons (Fsp3) is 0.0909. The Labute approximate surface area is 121 Å². The van der Waals surface area contributed by atoms with Gasteiger partial charge >= 0.3 is 0 Å². The monoisotopic (exact) mass is 378 g/mol. The molecule has 90 valence electrons. The maximum Gasteiger partial charge on any atom is 0.140 e. The van der Waals surface area contributed by atoms with Crippen molar-refractivity contribution in [3.8, 4) is 0 Å². The Bertz CT molecular complexity index is 530. The second-order valence-corrected chi connectivity index (χ2v) is 5.54. The van der Waals surface area contributed by atoms with Gasteiger partial charge in [-0.3, -0.25) is 5.84 Å². The standard InChI is InChI=1S/C11H9Br2ClN2O/c12-8-3-4-17-11(8)10(16-15)7-2-1-6(14)5-9(7)13/h1-5,10,16H,15H2. The average molecular weight is 380 g/mol. The molecule has 1 aromatic carbocycles. The van der Waals surface area contributed by atoms with Crippen molar-refractivity contribution >= 4 is 43.5 Å². The molecule has 0 saturated heterocycles. The smallest absolute Gasteiger partial charge is 0.140 e. The SMILES string of the molecule is NNC(c1ccc(Cl)cc1Br)c1occc1Br. The predicted molar refractivity (Wildman–Crippen MR) is 74.7 cm³/mol. The lowest BCUT2D eigenvalue weighted by Gasteiger charge is -2.16. The van der Waals surface area contributed by atoms with E-state index in [9.17, 15) is 0 Å². The number of hydrogen-bond acceptors (Lipinski definition) is 3. The topological polar surface area (TPSA) is 51.2 Å². The van der Waals surface area contributed by atoms with Crippen molar-refractivity contribution in [1.29, 1.82) is 0 Å². The maximum atomic E-state index is 5.91. The van der Waals surface area contributed by atoms with Gasteiger partial charge in [-0.05, 0) is 39.7 Å². The van der Waals surface area contributed by atoms with Crippen LogP contribution >= 0.6 is 43.5 Å². The van der Waals surface area contributed by atoms with E-state index in [1.807, 2.05) is 24.3 Å². The van der Waals surface area contributed by atoms with Crippen molar-refractivity contribution < 1.29 is 4.42 Å². The van der Waals surface area contributed by atoms with Crippen LogP contribution in [-0.2, 0) is 0 Å². The molecule has 0 fully saturated rings. The van der Waals surface area contributed by atoms with Crippen molar-refractivity contribution in [2.45, 2.75) is 6.04 Å². The first-order valence-electron chi connectivity index (χ1n) is 4.77. The van der Waals surface area contributed by atoms with Gasteiger partial charge in [0, 0.05) is 9.50 Å². The number of halogens is 3. The van der Waals surface area contributed by atoms with Gasteiger partial charge in [0.15, 0.2) is 0 Å². The first-order chi connectivity index (χ1) is 8.13. The first-order valence-corrected chi connectivity index (χ1v) is 6.74. The fourth-order valence-corrected chi connectivity index (χ4v) is 2.90. The zero-order valence-corrected chi connectivity index (χ0v) is 12.5. The summed E-state index contributed by atoms with van der Waals surface area (Å²) in [5.41, 5.74) is 3.68. The third-order valence-corrected chi connectivity index (χ3v) is 3.92. The molecule has 0 aliphatic rings. The average Bonchev–Trinajstić information content (AvgIpc) is 2.69. The Kier molecular flexibility index (Phi) is 4.27. The van der Waals surface area contributed by atoms with Gasteiger partial charge in [-0.15, -0.1) is 0 Å². The number of benzene rings is 1. The summed E-state index contributed by atoms with van der Waals surface area (Å²) in [7, 11) is 0. The number of rotatable bonds is 3. The molecular formula is C11H9Br2ClN2O. The number of furan rings is 1. The summed E-state index contributed by atoms with van der Waals surface area (Å²) in [6.45, 7) is 0. The Morgan fingerprint density at radius 3 is 2.53 bits per heavy atom. The Balaban J connectivity index is 2.46. The molecule has 1 heterocycles. The zero-order valence-electron chi connectivity index (χ0n) is 8.58. The summed E-state index contributed by atoms with van der Waals surface area (Å²) in [5, 5.41) is 0.662. The lowest BCUT2D eigenvalue weighted by Crippen LogP contribution is -2.29. The molecule has 3 N–H and O–H groups in total. The lowest BCUT2D eigenvalue weighted by atomic mass is 10.1. The molecule has 0 saturated carbocycles. The molecule has 17 heavy (non-hydrogen) atoms. The summed E-state index contributed by atoms with van der Waals surface area (Å²) in [6, 6.07) is 7.10. The third kappa shape index (κ3) is 2.74. The van der Waals surface area contributed by atoms with E-state index in [1.165, 1.54) is 0 Å². The van der Waals surface area contributed by atoms with Gasteiger partial charge in [-0.1, -0.05) is 33.6 Å². The van der Waals surface area contributed by atoms with Gasteiger partial charge in [-0.2, -0.15) is 0 Å². The molecule has 0 amide bonds. The van der Waals surface area contributed by atoms with E-state index in [0.29, 0.717) is 5.02 Å². The van der Waals surface area contributed by atoms with Crippen LogP contribution in [0.4, 0.5) is 0 Å².